The molecule has 1 unspecified atom stereocenters. The van der Waals surface area contributed by atoms with E-state index in [-0.39, 0.29) is 29.5 Å². The molecule has 0 saturated carbocycles. The van der Waals surface area contributed by atoms with Crippen LogP contribution in [0, 0.1) is 0 Å². The van der Waals surface area contributed by atoms with Crippen LogP contribution >= 0.6 is 0 Å². The molecule has 2 N–H and O–H groups in total. The van der Waals surface area contributed by atoms with Crippen molar-refractivity contribution in [3.05, 3.63) is 51.2 Å². The lowest BCUT2D eigenvalue weighted by atomic mass is 9.95. The lowest BCUT2D eigenvalue weighted by Crippen LogP contribution is -2.26. The monoisotopic (exact) mass is 399 g/mol. The molecule has 7 heteroatoms. The molecule has 0 saturated heterocycles. The van der Waals surface area contributed by atoms with Crippen LogP contribution in [0.3, 0.4) is 0 Å². The molecule has 1 aliphatic carbocycles. The fraction of sp³-hybridized carbons (Fsp3) is 0.364. The van der Waals surface area contributed by atoms with Crippen molar-refractivity contribution in [2.24, 2.45) is 0 Å². The number of amides is 1. The highest BCUT2D eigenvalue weighted by atomic mass is 16.5. The number of aryl methyl sites for hydroxylation is 1. The first-order valence-electron chi connectivity index (χ1n) is 9.32. The molecule has 0 spiro atoms. The number of hydrogen-bond donors (Lipinski definition) is 2. The number of carbonyl (C=O) groups is 1. The highest BCUT2D eigenvalue weighted by Crippen LogP contribution is 2.50. The van der Waals surface area contributed by atoms with Crippen molar-refractivity contribution in [1.29, 1.82) is 0 Å². The summed E-state index contributed by atoms with van der Waals surface area (Å²) >= 11 is 0. The number of nitrogens with one attached hydrogen (secondary N) is 1. The SMILES string of the molecule is COc1cc2c(c(OC)c1OC)-c1ccc(CO)c(=O)cc1C(NC(C)=O)CC2. The highest BCUT2D eigenvalue weighted by molar-refractivity contribution is 5.83. The second-order valence-corrected chi connectivity index (χ2v) is 6.87. The first-order valence-corrected chi connectivity index (χ1v) is 9.32. The predicted molar refractivity (Wildman–Crippen MR) is 109 cm³/mol. The van der Waals surface area contributed by atoms with E-state index in [2.05, 4.69) is 5.32 Å². The van der Waals surface area contributed by atoms with Gasteiger partial charge in [-0.1, -0.05) is 12.1 Å². The maximum Gasteiger partial charge on any atom is 0.217 e. The van der Waals surface area contributed by atoms with Crippen LogP contribution in [0.5, 0.6) is 17.2 Å². The second-order valence-electron chi connectivity index (χ2n) is 6.87. The third kappa shape index (κ3) is 3.78. The van der Waals surface area contributed by atoms with Crippen LogP contribution in [0.2, 0.25) is 0 Å². The van der Waals surface area contributed by atoms with Crippen molar-refractivity contribution in [1.82, 2.24) is 5.32 Å². The van der Waals surface area contributed by atoms with E-state index in [1.807, 2.05) is 6.07 Å². The number of methoxy groups -OCH3 is 3. The summed E-state index contributed by atoms with van der Waals surface area (Å²) in [5.74, 6) is 1.31. The quantitative estimate of drug-likeness (QED) is 0.802. The van der Waals surface area contributed by atoms with Gasteiger partial charge in [-0.3, -0.25) is 9.59 Å². The van der Waals surface area contributed by atoms with Gasteiger partial charge in [0.05, 0.1) is 34.0 Å². The standard InChI is InChI=1S/C22H25NO6/c1-12(25)23-17-8-6-13-9-19(27-2)21(28-3)22(29-4)20(13)15-7-5-14(11-24)18(26)10-16(15)17/h5,7,9-10,17,24H,6,8,11H2,1-4H3,(H,23,25). The van der Waals surface area contributed by atoms with Gasteiger partial charge in [0.2, 0.25) is 11.7 Å². The smallest absolute Gasteiger partial charge is 0.217 e. The van der Waals surface area contributed by atoms with Crippen molar-refractivity contribution >= 4 is 5.91 Å². The number of ether oxygens (including phenoxy) is 3. The number of benzene rings is 1. The molecular weight excluding hydrogens is 374 g/mol. The largest absolute Gasteiger partial charge is 0.493 e. The number of aliphatic hydroxyl groups excluding tert-OH is 1. The molecule has 29 heavy (non-hydrogen) atoms. The molecule has 1 aliphatic rings. The van der Waals surface area contributed by atoms with E-state index >= 15 is 0 Å². The molecule has 154 valence electrons. The zero-order valence-corrected chi connectivity index (χ0v) is 17.0. The van der Waals surface area contributed by atoms with E-state index in [1.54, 1.807) is 26.4 Å². The van der Waals surface area contributed by atoms with Crippen LogP contribution in [-0.2, 0) is 17.8 Å². The molecule has 2 aromatic rings. The third-order valence-electron chi connectivity index (χ3n) is 5.17. The molecule has 3 rings (SSSR count). The van der Waals surface area contributed by atoms with Crippen LogP contribution in [-0.4, -0.2) is 32.3 Å². The minimum atomic E-state index is -0.368. The first kappa shape index (κ1) is 20.7. The lowest BCUT2D eigenvalue weighted by molar-refractivity contribution is -0.119. The molecular formula is C22H25NO6. The maximum atomic E-state index is 12.6. The highest BCUT2D eigenvalue weighted by Gasteiger charge is 2.29. The Balaban J connectivity index is 2.41. The van der Waals surface area contributed by atoms with Gasteiger partial charge in [-0.2, -0.15) is 0 Å². The summed E-state index contributed by atoms with van der Waals surface area (Å²) < 4.78 is 16.7. The number of hydrogen-bond acceptors (Lipinski definition) is 6. The summed E-state index contributed by atoms with van der Waals surface area (Å²) in [4.78, 5) is 24.4. The van der Waals surface area contributed by atoms with Crippen LogP contribution < -0.4 is 25.0 Å². The molecule has 2 aromatic carbocycles. The zero-order valence-electron chi connectivity index (χ0n) is 17.0. The third-order valence-corrected chi connectivity index (χ3v) is 5.17. The van der Waals surface area contributed by atoms with Crippen LogP contribution in [0.25, 0.3) is 11.1 Å². The Labute approximate surface area is 169 Å². The minimum Gasteiger partial charge on any atom is -0.493 e. The van der Waals surface area contributed by atoms with Crippen molar-refractivity contribution in [2.45, 2.75) is 32.4 Å². The van der Waals surface area contributed by atoms with Gasteiger partial charge in [-0.25, -0.2) is 0 Å². The minimum absolute atomic E-state index is 0.185. The zero-order chi connectivity index (χ0) is 21.1. The molecule has 7 nitrogen and oxygen atoms in total. The van der Waals surface area contributed by atoms with E-state index in [4.69, 9.17) is 14.2 Å². The number of rotatable bonds is 5. The molecule has 0 radical (unpaired) electrons. The summed E-state index contributed by atoms with van der Waals surface area (Å²) in [7, 11) is 4.65. The molecule has 1 amide bonds. The first-order chi connectivity index (χ1) is 13.9. The van der Waals surface area contributed by atoms with Gasteiger partial charge in [0, 0.05) is 18.1 Å². The van der Waals surface area contributed by atoms with Gasteiger partial charge in [0.25, 0.3) is 0 Å². The fourth-order valence-electron chi connectivity index (χ4n) is 3.87. The van der Waals surface area contributed by atoms with E-state index in [1.165, 1.54) is 20.1 Å². The van der Waals surface area contributed by atoms with Crippen molar-refractivity contribution in [3.63, 3.8) is 0 Å². The van der Waals surface area contributed by atoms with Gasteiger partial charge in [0.15, 0.2) is 16.9 Å². The van der Waals surface area contributed by atoms with E-state index in [9.17, 15) is 14.7 Å². The molecule has 0 heterocycles. The predicted octanol–water partition coefficient (Wildman–Crippen LogP) is 2.36. The Morgan fingerprint density at radius 3 is 2.45 bits per heavy atom. The summed E-state index contributed by atoms with van der Waals surface area (Å²) in [6.07, 6.45) is 1.23. The van der Waals surface area contributed by atoms with Crippen molar-refractivity contribution < 1.29 is 24.1 Å². The van der Waals surface area contributed by atoms with Crippen molar-refractivity contribution in [2.75, 3.05) is 21.3 Å². The lowest BCUT2D eigenvalue weighted by Gasteiger charge is -2.19. The Hall–Kier alpha value is -3.06. The maximum absolute atomic E-state index is 12.6. The van der Waals surface area contributed by atoms with Gasteiger partial charge in [-0.15, -0.1) is 0 Å². The van der Waals surface area contributed by atoms with E-state index in [0.29, 0.717) is 35.7 Å². The van der Waals surface area contributed by atoms with Gasteiger partial charge in [-0.05, 0) is 41.7 Å². The van der Waals surface area contributed by atoms with Crippen LogP contribution in [0.15, 0.2) is 29.1 Å². The van der Waals surface area contributed by atoms with Crippen LogP contribution in [0.4, 0.5) is 0 Å². The molecule has 0 aliphatic heterocycles. The van der Waals surface area contributed by atoms with E-state index in [0.717, 1.165) is 16.7 Å². The normalized spacial score (nSPS) is 14.9. The average molecular weight is 399 g/mol. The summed E-state index contributed by atoms with van der Waals surface area (Å²) in [6.45, 7) is 1.08. The Morgan fingerprint density at radius 1 is 1.14 bits per heavy atom. The molecule has 0 fully saturated rings. The topological polar surface area (TPSA) is 94.1 Å². The Kier molecular flexibility index (Phi) is 6.08. The number of fused-ring (bicyclic) bond motifs is 3. The summed E-state index contributed by atoms with van der Waals surface area (Å²) in [5.41, 5.74) is 3.15. The average Bonchev–Trinajstić information content (AvgIpc) is 2.95. The Morgan fingerprint density at radius 2 is 1.86 bits per heavy atom. The summed E-state index contributed by atoms with van der Waals surface area (Å²) in [6, 6.07) is 6.43. The summed E-state index contributed by atoms with van der Waals surface area (Å²) in [5, 5.41) is 12.5. The molecule has 0 bridgehead atoms. The van der Waals surface area contributed by atoms with Gasteiger partial charge >= 0.3 is 0 Å². The Bertz CT molecular complexity index is 1000. The second kappa shape index (κ2) is 8.53. The van der Waals surface area contributed by atoms with Crippen molar-refractivity contribution in [3.8, 4) is 28.4 Å². The number of aliphatic hydroxyl groups is 1. The molecule has 0 aromatic heterocycles. The van der Waals surface area contributed by atoms with Gasteiger partial charge < -0.3 is 24.6 Å². The van der Waals surface area contributed by atoms with Gasteiger partial charge in [0.1, 0.15) is 0 Å². The molecule has 1 atom stereocenters. The fourth-order valence-corrected chi connectivity index (χ4v) is 3.87. The number of carbonyl (C=O) groups excluding carboxylic acids is 1. The van der Waals surface area contributed by atoms with E-state index < -0.39 is 0 Å². The van der Waals surface area contributed by atoms with Crippen LogP contribution in [0.1, 0.15) is 36.1 Å².